The summed E-state index contributed by atoms with van der Waals surface area (Å²) < 4.78 is 0. The van der Waals surface area contributed by atoms with Crippen molar-refractivity contribution < 1.29 is 4.79 Å². The van der Waals surface area contributed by atoms with Crippen LogP contribution in [0.15, 0.2) is 61.1 Å². The Bertz CT molecular complexity index is 982. The van der Waals surface area contributed by atoms with E-state index < -0.39 is 0 Å². The highest BCUT2D eigenvalue weighted by atomic mass is 16.1. The van der Waals surface area contributed by atoms with E-state index in [2.05, 4.69) is 57.7 Å². The molecule has 3 aromatic rings. The van der Waals surface area contributed by atoms with E-state index in [0.717, 1.165) is 49.6 Å². The molecule has 0 amide bonds. The van der Waals surface area contributed by atoms with Gasteiger partial charge in [0.05, 0.1) is 12.2 Å². The molecule has 1 aromatic carbocycles. The smallest absolute Gasteiger partial charge is 0.162 e. The van der Waals surface area contributed by atoms with E-state index in [1.54, 1.807) is 6.20 Å². The van der Waals surface area contributed by atoms with Crippen LogP contribution in [0, 0.1) is 5.92 Å². The summed E-state index contributed by atoms with van der Waals surface area (Å²) in [6.07, 6.45) is 10.6. The molecule has 1 unspecified atom stereocenters. The van der Waals surface area contributed by atoms with Gasteiger partial charge in [0.1, 0.15) is 5.82 Å². The van der Waals surface area contributed by atoms with Crippen LogP contribution in [-0.4, -0.2) is 50.2 Å². The van der Waals surface area contributed by atoms with E-state index in [9.17, 15) is 4.79 Å². The van der Waals surface area contributed by atoms with Crippen LogP contribution in [0.3, 0.4) is 0 Å². The van der Waals surface area contributed by atoms with Crippen LogP contribution in [0.1, 0.15) is 80.3 Å². The van der Waals surface area contributed by atoms with Gasteiger partial charge in [-0.1, -0.05) is 51.1 Å². The van der Waals surface area contributed by atoms with E-state index in [1.807, 2.05) is 42.7 Å². The zero-order chi connectivity index (χ0) is 25.6. The highest BCUT2D eigenvalue weighted by Gasteiger charge is 2.13. The lowest BCUT2D eigenvalue weighted by molar-refractivity contribution is 0.0973. The maximum atomic E-state index is 12.8. The molecule has 1 N–H and O–H groups in total. The predicted octanol–water partition coefficient (Wildman–Crippen LogP) is 6.12. The minimum Gasteiger partial charge on any atom is -0.348 e. The molecule has 0 spiro atoms. The lowest BCUT2D eigenvalue weighted by Crippen LogP contribution is -2.27. The van der Waals surface area contributed by atoms with Gasteiger partial charge in [0.25, 0.3) is 0 Å². The Morgan fingerprint density at radius 1 is 0.861 bits per heavy atom. The van der Waals surface area contributed by atoms with Gasteiger partial charge in [0.2, 0.25) is 0 Å². The van der Waals surface area contributed by atoms with Gasteiger partial charge in [-0.25, -0.2) is 4.98 Å². The van der Waals surface area contributed by atoms with Crippen molar-refractivity contribution in [1.82, 2.24) is 24.8 Å². The maximum absolute atomic E-state index is 12.8. The number of nitrogens with zero attached hydrogens (tertiary/aromatic N) is 4. The molecule has 2 heterocycles. The van der Waals surface area contributed by atoms with Gasteiger partial charge < -0.3 is 9.88 Å². The first-order valence-corrected chi connectivity index (χ1v) is 13.5. The molecule has 1 atom stereocenters. The topological polar surface area (TPSA) is 65.1 Å². The fourth-order valence-electron chi connectivity index (χ4n) is 4.58. The first-order chi connectivity index (χ1) is 17.6. The van der Waals surface area contributed by atoms with E-state index in [-0.39, 0.29) is 5.78 Å². The molecule has 6 nitrogen and oxygen atoms in total. The van der Waals surface area contributed by atoms with Gasteiger partial charge in [-0.3, -0.25) is 14.7 Å². The van der Waals surface area contributed by atoms with E-state index in [1.165, 1.54) is 31.5 Å². The zero-order valence-electron chi connectivity index (χ0n) is 22.3. The molecule has 0 saturated carbocycles. The highest BCUT2D eigenvalue weighted by Crippen LogP contribution is 2.17. The van der Waals surface area contributed by atoms with Crippen LogP contribution in [0.25, 0.3) is 0 Å². The van der Waals surface area contributed by atoms with Crippen molar-refractivity contribution in [3.63, 3.8) is 0 Å². The molecule has 3 rings (SSSR count). The van der Waals surface area contributed by atoms with Gasteiger partial charge in [0, 0.05) is 43.7 Å². The van der Waals surface area contributed by atoms with Crippen LogP contribution in [0.5, 0.6) is 0 Å². The van der Waals surface area contributed by atoms with Crippen molar-refractivity contribution in [3.05, 3.63) is 83.7 Å². The van der Waals surface area contributed by atoms with Crippen LogP contribution < -0.4 is 0 Å². The number of rotatable bonds is 17. The zero-order valence-corrected chi connectivity index (χ0v) is 22.3. The lowest BCUT2D eigenvalue weighted by atomic mass is 9.97. The number of Topliss-reactive ketones (excluding diaryl/α,β-unsaturated/α-hetero) is 1. The minimum absolute atomic E-state index is 0.244. The number of aromatic nitrogens is 3. The number of carbonyl (C=O) groups is 1. The first-order valence-electron chi connectivity index (χ1n) is 13.5. The minimum atomic E-state index is 0.244. The molecule has 2 aromatic heterocycles. The van der Waals surface area contributed by atoms with Crippen LogP contribution in [0.4, 0.5) is 0 Å². The second-order valence-electron chi connectivity index (χ2n) is 9.90. The molecule has 0 radical (unpaired) electrons. The fraction of sp³-hybridized carbons (Fsp3) is 0.500. The number of benzene rings is 1. The average Bonchev–Trinajstić information content (AvgIpc) is 3.40. The van der Waals surface area contributed by atoms with Crippen molar-refractivity contribution in [3.8, 4) is 0 Å². The van der Waals surface area contributed by atoms with Crippen molar-refractivity contribution in [2.45, 2.75) is 72.5 Å². The SMILES string of the molecule is CCCN(CCC)CCC(C)CCC(=O)c1ccc(CN(Cc2ccccn2)Cc2ncc[nH]2)cc1. The third kappa shape index (κ3) is 9.67. The summed E-state index contributed by atoms with van der Waals surface area (Å²) in [5.74, 6) is 1.74. The molecule has 0 saturated heterocycles. The van der Waals surface area contributed by atoms with Gasteiger partial charge in [-0.05, 0) is 68.9 Å². The summed E-state index contributed by atoms with van der Waals surface area (Å²) in [5, 5.41) is 0. The van der Waals surface area contributed by atoms with E-state index in [0.29, 0.717) is 18.9 Å². The standard InChI is InChI=1S/C30H43N5O/c1-4-19-34(20-5-2)21-15-25(3)9-14-29(36)27-12-10-26(11-13-27)22-35(24-30-32-17-18-33-30)23-28-8-6-7-16-31-28/h6-8,10-13,16-18,25H,4-5,9,14-15,19-24H2,1-3H3,(H,32,33). The number of pyridine rings is 1. The Kier molecular flexibility index (Phi) is 11.8. The molecular formula is C30H43N5O. The normalized spacial score (nSPS) is 12.4. The first kappa shape index (κ1) is 27.8. The van der Waals surface area contributed by atoms with E-state index >= 15 is 0 Å². The number of nitrogens with one attached hydrogen (secondary N) is 1. The molecule has 0 bridgehead atoms. The predicted molar refractivity (Wildman–Crippen MR) is 147 cm³/mol. The second-order valence-corrected chi connectivity index (χ2v) is 9.90. The number of hydrogen-bond acceptors (Lipinski definition) is 5. The van der Waals surface area contributed by atoms with Crippen molar-refractivity contribution >= 4 is 5.78 Å². The summed E-state index contributed by atoms with van der Waals surface area (Å²) >= 11 is 0. The van der Waals surface area contributed by atoms with Gasteiger partial charge in [0.15, 0.2) is 5.78 Å². The molecule has 0 fully saturated rings. The quantitative estimate of drug-likeness (QED) is 0.232. The van der Waals surface area contributed by atoms with Gasteiger partial charge in [-0.15, -0.1) is 0 Å². The van der Waals surface area contributed by atoms with E-state index in [4.69, 9.17) is 0 Å². The summed E-state index contributed by atoms with van der Waals surface area (Å²) in [6, 6.07) is 14.1. The summed E-state index contributed by atoms with van der Waals surface area (Å²) in [6.45, 7) is 12.4. The molecule has 6 heteroatoms. The molecule has 36 heavy (non-hydrogen) atoms. The Morgan fingerprint density at radius 3 is 2.28 bits per heavy atom. The van der Waals surface area contributed by atoms with Crippen molar-refractivity contribution in [2.24, 2.45) is 5.92 Å². The third-order valence-electron chi connectivity index (χ3n) is 6.60. The fourth-order valence-corrected chi connectivity index (χ4v) is 4.58. The third-order valence-corrected chi connectivity index (χ3v) is 6.60. The Balaban J connectivity index is 1.50. The molecule has 0 aliphatic rings. The van der Waals surface area contributed by atoms with Crippen molar-refractivity contribution in [2.75, 3.05) is 19.6 Å². The van der Waals surface area contributed by atoms with Gasteiger partial charge in [-0.2, -0.15) is 0 Å². The van der Waals surface area contributed by atoms with Crippen LogP contribution >= 0.6 is 0 Å². The lowest BCUT2D eigenvalue weighted by Gasteiger charge is -2.22. The number of H-pyrrole nitrogens is 1. The Morgan fingerprint density at radius 2 is 1.64 bits per heavy atom. The van der Waals surface area contributed by atoms with Crippen LogP contribution in [0.2, 0.25) is 0 Å². The number of hydrogen-bond donors (Lipinski definition) is 1. The average molecular weight is 490 g/mol. The molecule has 0 aliphatic carbocycles. The number of aromatic amines is 1. The number of carbonyl (C=O) groups excluding carboxylic acids is 1. The largest absolute Gasteiger partial charge is 0.348 e. The Hall–Kier alpha value is -2.83. The van der Waals surface area contributed by atoms with Gasteiger partial charge >= 0.3 is 0 Å². The summed E-state index contributed by atoms with van der Waals surface area (Å²) in [5.41, 5.74) is 3.01. The highest BCUT2D eigenvalue weighted by molar-refractivity contribution is 5.96. The maximum Gasteiger partial charge on any atom is 0.162 e. The number of ketones is 1. The van der Waals surface area contributed by atoms with Crippen molar-refractivity contribution in [1.29, 1.82) is 0 Å². The molecular weight excluding hydrogens is 446 g/mol. The summed E-state index contributed by atoms with van der Waals surface area (Å²) in [7, 11) is 0. The molecule has 194 valence electrons. The monoisotopic (exact) mass is 489 g/mol. The second kappa shape index (κ2) is 15.3. The Labute approximate surface area is 217 Å². The summed E-state index contributed by atoms with van der Waals surface area (Å²) in [4.78, 5) is 29.8. The van der Waals surface area contributed by atoms with Crippen LogP contribution in [-0.2, 0) is 19.6 Å². The number of imidazole rings is 1. The molecule has 0 aliphatic heterocycles.